The largest absolute Gasteiger partial charge is 0.379 e. The van der Waals surface area contributed by atoms with Gasteiger partial charge >= 0.3 is 0 Å². The van der Waals surface area contributed by atoms with Crippen molar-refractivity contribution in [2.45, 2.75) is 19.1 Å². The number of likely N-dealkylation sites (N-methyl/N-ethyl adjacent to an activating group) is 2. The van der Waals surface area contributed by atoms with Crippen LogP contribution in [0.1, 0.15) is 6.92 Å². The fourth-order valence-corrected chi connectivity index (χ4v) is 2.23. The van der Waals surface area contributed by atoms with E-state index < -0.39 is 6.04 Å². The Bertz CT molecular complexity index is 482. The topological polar surface area (TPSA) is 58.6 Å². The average Bonchev–Trinajstić information content (AvgIpc) is 2.36. The first-order valence-corrected chi connectivity index (χ1v) is 5.91. The summed E-state index contributed by atoms with van der Waals surface area (Å²) in [6, 6.07) is -0.418. The number of aromatic nitrogens is 2. The van der Waals surface area contributed by atoms with E-state index in [-0.39, 0.29) is 17.3 Å². The van der Waals surface area contributed by atoms with Crippen LogP contribution in [0.4, 0.5) is 11.5 Å². The summed E-state index contributed by atoms with van der Waals surface area (Å²) in [5.74, 6) is 0.580. The molecule has 2 heterocycles. The van der Waals surface area contributed by atoms with E-state index in [2.05, 4.69) is 9.97 Å². The van der Waals surface area contributed by atoms with Crippen molar-refractivity contribution in [3.8, 4) is 0 Å². The number of rotatable bonds is 2. The molecule has 18 heavy (non-hydrogen) atoms. The molecule has 0 bridgehead atoms. The van der Waals surface area contributed by atoms with E-state index in [4.69, 9.17) is 16.3 Å². The predicted octanol–water partition coefficient (Wildman–Crippen LogP) is 0.946. The first kappa shape index (κ1) is 13.0. The minimum absolute atomic E-state index is 0.0507. The molecule has 0 saturated heterocycles. The van der Waals surface area contributed by atoms with Crippen molar-refractivity contribution in [2.75, 3.05) is 31.0 Å². The van der Waals surface area contributed by atoms with Crippen molar-refractivity contribution in [3.63, 3.8) is 0 Å². The van der Waals surface area contributed by atoms with Crippen LogP contribution in [-0.4, -0.2) is 49.2 Å². The Morgan fingerprint density at radius 1 is 1.50 bits per heavy atom. The second-order valence-electron chi connectivity index (χ2n) is 4.24. The summed E-state index contributed by atoms with van der Waals surface area (Å²) in [6.07, 6.45) is 1.30. The van der Waals surface area contributed by atoms with Crippen molar-refractivity contribution in [1.82, 2.24) is 9.97 Å². The van der Waals surface area contributed by atoms with Gasteiger partial charge in [-0.3, -0.25) is 4.79 Å². The summed E-state index contributed by atoms with van der Waals surface area (Å²) in [5.41, 5.74) is 0.645. The molecule has 1 aromatic rings. The number of nitrogens with zero attached hydrogens (tertiary/aromatic N) is 4. The van der Waals surface area contributed by atoms with Crippen LogP contribution in [0.15, 0.2) is 6.20 Å². The van der Waals surface area contributed by atoms with Crippen LogP contribution in [0.5, 0.6) is 0 Å². The van der Waals surface area contributed by atoms with Crippen LogP contribution in [0.25, 0.3) is 0 Å². The van der Waals surface area contributed by atoms with Gasteiger partial charge in [-0.05, 0) is 18.5 Å². The molecule has 98 valence electrons. The van der Waals surface area contributed by atoms with E-state index in [0.29, 0.717) is 11.5 Å². The fourth-order valence-electron chi connectivity index (χ4n) is 2.10. The summed E-state index contributed by atoms with van der Waals surface area (Å²) < 4.78 is 5.26. The average molecular weight is 271 g/mol. The summed E-state index contributed by atoms with van der Waals surface area (Å²) in [5, 5.41) is 0.159. The van der Waals surface area contributed by atoms with Crippen molar-refractivity contribution >= 4 is 29.0 Å². The van der Waals surface area contributed by atoms with Crippen molar-refractivity contribution in [3.05, 3.63) is 11.5 Å². The van der Waals surface area contributed by atoms with Gasteiger partial charge in [0.1, 0.15) is 11.7 Å². The SMILES string of the molecule is CO[C@H](C)[C@H]1C(=O)N(C)c2cnc(Cl)nc2N1C. The molecule has 0 N–H and O–H groups in total. The summed E-state index contributed by atoms with van der Waals surface area (Å²) >= 11 is 5.80. The minimum atomic E-state index is -0.418. The summed E-state index contributed by atoms with van der Waals surface area (Å²) in [6.45, 7) is 1.85. The monoisotopic (exact) mass is 270 g/mol. The zero-order valence-electron chi connectivity index (χ0n) is 10.7. The molecule has 0 saturated carbocycles. The molecule has 0 radical (unpaired) electrons. The molecule has 1 aliphatic rings. The van der Waals surface area contributed by atoms with E-state index in [9.17, 15) is 4.79 Å². The number of halogens is 1. The van der Waals surface area contributed by atoms with Gasteiger partial charge in [0, 0.05) is 21.2 Å². The molecule has 1 aromatic heterocycles. The van der Waals surface area contributed by atoms with Crippen LogP contribution < -0.4 is 9.80 Å². The Balaban J connectivity index is 2.50. The second-order valence-corrected chi connectivity index (χ2v) is 4.58. The fraction of sp³-hybridized carbons (Fsp3) is 0.545. The maximum atomic E-state index is 12.3. The number of fused-ring (bicyclic) bond motifs is 1. The number of methoxy groups -OCH3 is 1. The Kier molecular flexibility index (Phi) is 3.41. The number of hydrogen-bond donors (Lipinski definition) is 0. The molecular weight excluding hydrogens is 256 g/mol. The molecule has 2 atom stereocenters. The van der Waals surface area contributed by atoms with E-state index >= 15 is 0 Å². The van der Waals surface area contributed by atoms with Crippen LogP contribution in [0.3, 0.4) is 0 Å². The zero-order valence-corrected chi connectivity index (χ0v) is 11.5. The highest BCUT2D eigenvalue weighted by atomic mass is 35.5. The van der Waals surface area contributed by atoms with Crippen LogP contribution in [0.2, 0.25) is 5.28 Å². The number of ether oxygens (including phenoxy) is 1. The minimum Gasteiger partial charge on any atom is -0.379 e. The van der Waals surface area contributed by atoms with Crippen molar-refractivity contribution < 1.29 is 9.53 Å². The molecule has 7 heteroatoms. The van der Waals surface area contributed by atoms with E-state index in [1.54, 1.807) is 32.3 Å². The van der Waals surface area contributed by atoms with Crippen LogP contribution in [-0.2, 0) is 9.53 Å². The first-order valence-electron chi connectivity index (χ1n) is 5.53. The van der Waals surface area contributed by atoms with Gasteiger partial charge in [-0.15, -0.1) is 0 Å². The summed E-state index contributed by atoms with van der Waals surface area (Å²) in [7, 11) is 5.07. The van der Waals surface area contributed by atoms with Crippen LogP contribution in [0, 0.1) is 0 Å². The third kappa shape index (κ3) is 1.91. The first-order chi connectivity index (χ1) is 8.47. The highest BCUT2D eigenvalue weighted by Crippen LogP contribution is 2.33. The highest BCUT2D eigenvalue weighted by Gasteiger charge is 2.39. The van der Waals surface area contributed by atoms with Gasteiger partial charge in [-0.25, -0.2) is 4.98 Å². The lowest BCUT2D eigenvalue weighted by Gasteiger charge is -2.40. The van der Waals surface area contributed by atoms with Gasteiger partial charge in [0.15, 0.2) is 5.82 Å². The molecule has 0 aromatic carbocycles. The van der Waals surface area contributed by atoms with Crippen molar-refractivity contribution in [2.24, 2.45) is 0 Å². The van der Waals surface area contributed by atoms with Gasteiger partial charge < -0.3 is 14.5 Å². The normalized spacial score (nSPS) is 20.9. The number of anilines is 2. The van der Waals surface area contributed by atoms with Crippen molar-refractivity contribution in [1.29, 1.82) is 0 Å². The molecule has 1 amide bonds. The smallest absolute Gasteiger partial charge is 0.252 e. The Morgan fingerprint density at radius 2 is 2.17 bits per heavy atom. The molecule has 6 nitrogen and oxygen atoms in total. The van der Waals surface area contributed by atoms with Gasteiger partial charge in [-0.2, -0.15) is 4.98 Å². The predicted molar refractivity (Wildman–Crippen MR) is 69.1 cm³/mol. The number of carbonyl (C=O) groups is 1. The second kappa shape index (κ2) is 4.70. The van der Waals surface area contributed by atoms with Gasteiger partial charge in [0.2, 0.25) is 5.28 Å². The maximum absolute atomic E-state index is 12.3. The van der Waals surface area contributed by atoms with E-state index in [1.807, 2.05) is 6.92 Å². The third-order valence-corrected chi connectivity index (χ3v) is 3.42. The quantitative estimate of drug-likeness (QED) is 0.749. The van der Waals surface area contributed by atoms with Gasteiger partial charge in [0.25, 0.3) is 5.91 Å². The Labute approximate surface area is 111 Å². The molecule has 0 fully saturated rings. The molecule has 0 aliphatic carbocycles. The summed E-state index contributed by atoms with van der Waals surface area (Å²) in [4.78, 5) is 23.7. The number of hydrogen-bond acceptors (Lipinski definition) is 5. The lowest BCUT2D eigenvalue weighted by molar-refractivity contribution is -0.122. The molecular formula is C11H15ClN4O2. The molecule has 2 rings (SSSR count). The van der Waals surface area contributed by atoms with Gasteiger partial charge in [0.05, 0.1) is 12.3 Å². The van der Waals surface area contributed by atoms with E-state index in [0.717, 1.165) is 0 Å². The zero-order chi connectivity index (χ0) is 13.4. The maximum Gasteiger partial charge on any atom is 0.252 e. The molecule has 1 aliphatic heterocycles. The van der Waals surface area contributed by atoms with Crippen LogP contribution >= 0.6 is 11.6 Å². The lowest BCUT2D eigenvalue weighted by atomic mass is 10.1. The Hall–Kier alpha value is -1.40. The number of amides is 1. The highest BCUT2D eigenvalue weighted by molar-refractivity contribution is 6.28. The number of carbonyl (C=O) groups excluding carboxylic acids is 1. The molecule has 0 unspecified atom stereocenters. The van der Waals surface area contributed by atoms with Gasteiger partial charge in [-0.1, -0.05) is 0 Å². The standard InChI is InChI=1S/C11H15ClN4O2/c1-6(18-4)8-10(17)15(2)7-5-13-11(12)14-9(7)16(8)3/h5-6,8H,1-4H3/t6-,8+/m1/s1. The molecule has 0 spiro atoms. The lowest BCUT2D eigenvalue weighted by Crippen LogP contribution is -2.56. The Morgan fingerprint density at radius 3 is 2.78 bits per heavy atom. The van der Waals surface area contributed by atoms with E-state index in [1.165, 1.54) is 4.90 Å². The third-order valence-electron chi connectivity index (χ3n) is 3.23.